The lowest BCUT2D eigenvalue weighted by molar-refractivity contribution is -0.122. The summed E-state index contributed by atoms with van der Waals surface area (Å²) in [6.07, 6.45) is 5.16. The van der Waals surface area contributed by atoms with Crippen LogP contribution >= 0.6 is 11.8 Å². The molecule has 4 nitrogen and oxygen atoms in total. The van der Waals surface area contributed by atoms with Gasteiger partial charge in [-0.05, 0) is 30.0 Å². The number of hydrogen-bond donors (Lipinski definition) is 0. The van der Waals surface area contributed by atoms with Crippen molar-refractivity contribution >= 4 is 29.0 Å². The maximum absolute atomic E-state index is 11.9. The van der Waals surface area contributed by atoms with Crippen molar-refractivity contribution in [3.63, 3.8) is 0 Å². The number of imide groups is 1. The third kappa shape index (κ3) is 2.19. The van der Waals surface area contributed by atoms with Gasteiger partial charge in [0.05, 0.1) is 4.91 Å². The van der Waals surface area contributed by atoms with Crippen molar-refractivity contribution in [2.75, 3.05) is 6.54 Å². The van der Waals surface area contributed by atoms with Crippen LogP contribution in [0.5, 0.6) is 0 Å². The Bertz CT molecular complexity index is 516. The second-order valence-corrected chi connectivity index (χ2v) is 4.62. The number of aromatic nitrogens is 1. The Labute approximate surface area is 104 Å². The van der Waals surface area contributed by atoms with Gasteiger partial charge in [-0.25, -0.2) is 0 Å². The highest BCUT2D eigenvalue weighted by Crippen LogP contribution is 2.31. The molecule has 2 amide bonds. The van der Waals surface area contributed by atoms with E-state index in [-0.39, 0.29) is 17.7 Å². The Morgan fingerprint density at radius 3 is 2.82 bits per heavy atom. The maximum atomic E-state index is 11.9. The summed E-state index contributed by atoms with van der Waals surface area (Å²) in [5.41, 5.74) is 0.897. The first-order valence-electron chi connectivity index (χ1n) is 5.11. The fourth-order valence-corrected chi connectivity index (χ4v) is 2.38. The minimum absolute atomic E-state index is 0.240. The van der Waals surface area contributed by atoms with Crippen LogP contribution in [0.2, 0.25) is 0 Å². The molecule has 1 aromatic heterocycles. The summed E-state index contributed by atoms with van der Waals surface area (Å²) in [5.74, 6) is -0.249. The summed E-state index contributed by atoms with van der Waals surface area (Å²) >= 11 is 0.966. The number of carbonyl (C=O) groups is 2. The van der Waals surface area contributed by atoms with Gasteiger partial charge in [0.1, 0.15) is 0 Å². The molecule has 1 saturated heterocycles. The van der Waals surface area contributed by atoms with Crippen molar-refractivity contribution in [3.8, 4) is 0 Å². The predicted octanol–water partition coefficient (Wildman–Crippen LogP) is 2.25. The van der Waals surface area contributed by atoms with E-state index in [9.17, 15) is 9.59 Å². The van der Waals surface area contributed by atoms with Crippen LogP contribution in [0.25, 0.3) is 6.08 Å². The molecule has 0 radical (unpaired) electrons. The SMILES string of the molecule is C=CCN1C(=O)S/C(=C\c2cccn2C)C1=O. The summed E-state index contributed by atoms with van der Waals surface area (Å²) in [7, 11) is 1.89. The average Bonchev–Trinajstić information content (AvgIpc) is 2.79. The molecule has 1 aliphatic rings. The molecule has 0 aromatic carbocycles. The van der Waals surface area contributed by atoms with Crippen LogP contribution in [0.3, 0.4) is 0 Å². The molecule has 17 heavy (non-hydrogen) atoms. The highest BCUT2D eigenvalue weighted by Gasteiger charge is 2.34. The van der Waals surface area contributed by atoms with E-state index in [1.54, 1.807) is 12.2 Å². The number of aryl methyl sites for hydroxylation is 1. The lowest BCUT2D eigenvalue weighted by atomic mass is 10.3. The molecule has 0 atom stereocenters. The van der Waals surface area contributed by atoms with Gasteiger partial charge in [-0.15, -0.1) is 6.58 Å². The minimum Gasteiger partial charge on any atom is -0.351 e. The minimum atomic E-state index is -0.249. The topological polar surface area (TPSA) is 42.3 Å². The molecule has 1 aromatic rings. The van der Waals surface area contributed by atoms with E-state index in [4.69, 9.17) is 0 Å². The number of carbonyl (C=O) groups excluding carboxylic acids is 2. The highest BCUT2D eigenvalue weighted by molar-refractivity contribution is 8.18. The summed E-state index contributed by atoms with van der Waals surface area (Å²) in [6.45, 7) is 3.79. The lowest BCUT2D eigenvalue weighted by Crippen LogP contribution is -2.27. The Kier molecular flexibility index (Phi) is 3.19. The van der Waals surface area contributed by atoms with Crippen molar-refractivity contribution < 1.29 is 9.59 Å². The van der Waals surface area contributed by atoms with E-state index in [0.29, 0.717) is 4.91 Å². The summed E-state index contributed by atoms with van der Waals surface area (Å²) in [6, 6.07) is 3.78. The molecular weight excluding hydrogens is 236 g/mol. The van der Waals surface area contributed by atoms with E-state index < -0.39 is 0 Å². The molecule has 88 valence electrons. The standard InChI is InChI=1S/C12H12N2O2S/c1-3-6-14-11(15)10(17-12(14)16)8-9-5-4-7-13(9)2/h3-5,7-8H,1,6H2,2H3/b10-8-. The summed E-state index contributed by atoms with van der Waals surface area (Å²) < 4.78 is 1.89. The molecule has 1 fully saturated rings. The van der Waals surface area contributed by atoms with E-state index in [2.05, 4.69) is 6.58 Å². The van der Waals surface area contributed by atoms with Crippen LogP contribution in [0.4, 0.5) is 4.79 Å². The van der Waals surface area contributed by atoms with Gasteiger partial charge in [-0.3, -0.25) is 14.5 Å². The molecule has 0 spiro atoms. The second-order valence-electron chi connectivity index (χ2n) is 3.62. The van der Waals surface area contributed by atoms with E-state index in [1.165, 1.54) is 4.90 Å². The fourth-order valence-electron chi connectivity index (χ4n) is 1.55. The van der Waals surface area contributed by atoms with E-state index in [1.807, 2.05) is 29.9 Å². The van der Waals surface area contributed by atoms with E-state index >= 15 is 0 Å². The third-order valence-corrected chi connectivity index (χ3v) is 3.36. The third-order valence-electron chi connectivity index (χ3n) is 2.45. The largest absolute Gasteiger partial charge is 0.351 e. The van der Waals surface area contributed by atoms with Crippen molar-refractivity contribution in [2.45, 2.75) is 0 Å². The fraction of sp³-hybridized carbons (Fsp3) is 0.167. The van der Waals surface area contributed by atoms with E-state index in [0.717, 1.165) is 17.5 Å². The zero-order valence-electron chi connectivity index (χ0n) is 9.42. The molecule has 0 N–H and O–H groups in total. The lowest BCUT2D eigenvalue weighted by Gasteiger charge is -2.07. The molecule has 0 bridgehead atoms. The van der Waals surface area contributed by atoms with Crippen LogP contribution < -0.4 is 0 Å². The van der Waals surface area contributed by atoms with Crippen molar-refractivity contribution in [1.29, 1.82) is 0 Å². The number of nitrogens with zero attached hydrogens (tertiary/aromatic N) is 2. The first kappa shape index (κ1) is 11.7. The first-order chi connectivity index (χ1) is 8.13. The zero-order chi connectivity index (χ0) is 12.4. The molecule has 2 rings (SSSR count). The quantitative estimate of drug-likeness (QED) is 0.608. The van der Waals surface area contributed by atoms with Gasteiger partial charge in [0.25, 0.3) is 11.1 Å². The Morgan fingerprint density at radius 2 is 2.24 bits per heavy atom. The average molecular weight is 248 g/mol. The first-order valence-corrected chi connectivity index (χ1v) is 5.92. The van der Waals surface area contributed by atoms with Gasteiger partial charge in [-0.1, -0.05) is 6.08 Å². The van der Waals surface area contributed by atoms with Gasteiger partial charge >= 0.3 is 0 Å². The van der Waals surface area contributed by atoms with Crippen molar-refractivity contribution in [3.05, 3.63) is 41.6 Å². The Hall–Kier alpha value is -1.75. The van der Waals surface area contributed by atoms with Crippen molar-refractivity contribution in [2.24, 2.45) is 7.05 Å². The molecule has 2 heterocycles. The van der Waals surface area contributed by atoms with Crippen LogP contribution in [0.15, 0.2) is 35.9 Å². The molecule has 0 unspecified atom stereocenters. The number of thioether (sulfide) groups is 1. The molecule has 0 aliphatic carbocycles. The van der Waals surface area contributed by atoms with Crippen molar-refractivity contribution in [1.82, 2.24) is 9.47 Å². The van der Waals surface area contributed by atoms with Gasteiger partial charge in [0.15, 0.2) is 0 Å². The van der Waals surface area contributed by atoms with Gasteiger partial charge in [0.2, 0.25) is 0 Å². The maximum Gasteiger partial charge on any atom is 0.293 e. The van der Waals surface area contributed by atoms with Gasteiger partial charge < -0.3 is 4.57 Å². The summed E-state index contributed by atoms with van der Waals surface area (Å²) in [4.78, 5) is 25.1. The van der Waals surface area contributed by atoms with Crippen LogP contribution in [-0.4, -0.2) is 27.2 Å². The second kappa shape index (κ2) is 4.63. The molecular formula is C12H12N2O2S. The van der Waals surface area contributed by atoms with Gasteiger partial charge in [-0.2, -0.15) is 0 Å². The molecule has 1 aliphatic heterocycles. The van der Waals surface area contributed by atoms with Crippen LogP contribution in [0, 0.1) is 0 Å². The predicted molar refractivity (Wildman–Crippen MR) is 68.3 cm³/mol. The smallest absolute Gasteiger partial charge is 0.293 e. The highest BCUT2D eigenvalue weighted by atomic mass is 32.2. The normalized spacial score (nSPS) is 18.2. The number of rotatable bonds is 3. The van der Waals surface area contributed by atoms with Gasteiger partial charge in [0, 0.05) is 25.5 Å². The number of hydrogen-bond acceptors (Lipinski definition) is 3. The monoisotopic (exact) mass is 248 g/mol. The molecule has 0 saturated carbocycles. The van der Waals surface area contributed by atoms with Crippen LogP contribution in [0.1, 0.15) is 5.69 Å². The summed E-state index contributed by atoms with van der Waals surface area (Å²) in [5, 5.41) is -0.240. The Balaban J connectivity index is 2.28. The number of amides is 2. The Morgan fingerprint density at radius 1 is 1.47 bits per heavy atom. The molecule has 5 heteroatoms. The zero-order valence-corrected chi connectivity index (χ0v) is 10.2. The van der Waals surface area contributed by atoms with Crippen LogP contribution in [-0.2, 0) is 11.8 Å².